The van der Waals surface area contributed by atoms with Crippen LogP contribution in [0, 0.1) is 0 Å². The summed E-state index contributed by atoms with van der Waals surface area (Å²) in [6, 6.07) is 5.94. The van der Waals surface area contributed by atoms with Crippen molar-refractivity contribution in [1.29, 1.82) is 0 Å². The number of halogens is 1. The number of methoxy groups -OCH3 is 1. The lowest BCUT2D eigenvalue weighted by atomic mass is 9.92. The minimum Gasteiger partial charge on any atom is -0.468 e. The molecule has 0 bridgehead atoms. The van der Waals surface area contributed by atoms with Crippen molar-refractivity contribution in [2.45, 2.75) is 12.5 Å². The highest BCUT2D eigenvalue weighted by atomic mass is 35.5. The standard InChI is InChI=1S/C13H13ClN2O4/c1-13(8-3-5-9(14)6-4-8)11(18)16(12(19)15-13)7-10(17)20-2/h3-6H,7H2,1-2H3,(H,15,19). The normalized spacial score (nSPS) is 21.9. The molecule has 1 atom stereocenters. The monoisotopic (exact) mass is 296 g/mol. The van der Waals surface area contributed by atoms with Gasteiger partial charge in [-0.25, -0.2) is 4.79 Å². The summed E-state index contributed by atoms with van der Waals surface area (Å²) in [5, 5.41) is 3.11. The molecule has 1 saturated heterocycles. The minimum atomic E-state index is -1.21. The van der Waals surface area contributed by atoms with Gasteiger partial charge in [0, 0.05) is 5.02 Å². The number of rotatable bonds is 3. The van der Waals surface area contributed by atoms with Gasteiger partial charge in [0.2, 0.25) is 0 Å². The van der Waals surface area contributed by atoms with Crippen molar-refractivity contribution in [1.82, 2.24) is 10.2 Å². The summed E-state index contributed by atoms with van der Waals surface area (Å²) < 4.78 is 4.47. The molecule has 0 spiro atoms. The second kappa shape index (κ2) is 5.13. The summed E-state index contributed by atoms with van der Waals surface area (Å²) in [6.07, 6.45) is 0. The lowest BCUT2D eigenvalue weighted by Gasteiger charge is -2.22. The summed E-state index contributed by atoms with van der Waals surface area (Å²) in [5.41, 5.74) is -0.622. The molecule has 106 valence electrons. The third-order valence-electron chi connectivity index (χ3n) is 3.21. The number of hydrogen-bond acceptors (Lipinski definition) is 4. The fourth-order valence-electron chi connectivity index (χ4n) is 2.01. The van der Waals surface area contributed by atoms with Crippen LogP contribution < -0.4 is 5.32 Å². The molecular weight excluding hydrogens is 284 g/mol. The predicted octanol–water partition coefficient (Wildman–Crippen LogP) is 1.28. The van der Waals surface area contributed by atoms with E-state index in [-0.39, 0.29) is 0 Å². The molecule has 0 saturated carbocycles. The third kappa shape index (κ3) is 2.34. The van der Waals surface area contributed by atoms with E-state index in [4.69, 9.17) is 11.6 Å². The van der Waals surface area contributed by atoms with E-state index in [1.165, 1.54) is 7.11 Å². The Balaban J connectivity index is 2.30. The Hall–Kier alpha value is -2.08. The first-order valence-corrected chi connectivity index (χ1v) is 6.23. The molecular formula is C13H13ClN2O4. The molecule has 0 aromatic heterocycles. The molecule has 1 heterocycles. The molecule has 20 heavy (non-hydrogen) atoms. The summed E-state index contributed by atoms with van der Waals surface area (Å²) >= 11 is 5.80. The largest absolute Gasteiger partial charge is 0.468 e. The summed E-state index contributed by atoms with van der Waals surface area (Å²) in [5.74, 6) is -1.16. The Morgan fingerprint density at radius 1 is 1.35 bits per heavy atom. The Morgan fingerprint density at radius 2 is 1.95 bits per heavy atom. The smallest absolute Gasteiger partial charge is 0.325 e. The molecule has 6 nitrogen and oxygen atoms in total. The number of carbonyl (C=O) groups excluding carboxylic acids is 3. The molecule has 7 heteroatoms. The van der Waals surface area contributed by atoms with Gasteiger partial charge in [-0.1, -0.05) is 23.7 Å². The van der Waals surface area contributed by atoms with Gasteiger partial charge >= 0.3 is 12.0 Å². The van der Waals surface area contributed by atoms with Crippen molar-refractivity contribution in [3.05, 3.63) is 34.9 Å². The molecule has 2 rings (SSSR count). The molecule has 1 aromatic carbocycles. The van der Waals surface area contributed by atoms with Crippen molar-refractivity contribution < 1.29 is 19.1 Å². The van der Waals surface area contributed by atoms with E-state index in [0.29, 0.717) is 10.6 Å². The maximum Gasteiger partial charge on any atom is 0.325 e. The van der Waals surface area contributed by atoms with Crippen LogP contribution >= 0.6 is 11.6 Å². The number of nitrogens with zero attached hydrogens (tertiary/aromatic N) is 1. The first kappa shape index (κ1) is 14.3. The number of nitrogens with one attached hydrogen (secondary N) is 1. The lowest BCUT2D eigenvalue weighted by Crippen LogP contribution is -2.41. The number of amides is 3. The van der Waals surface area contributed by atoms with Crippen LogP contribution in [-0.4, -0.2) is 36.5 Å². The van der Waals surface area contributed by atoms with Gasteiger partial charge in [-0.3, -0.25) is 14.5 Å². The molecule has 1 fully saturated rings. The molecule has 1 aromatic rings. The zero-order valence-electron chi connectivity index (χ0n) is 11.0. The van der Waals surface area contributed by atoms with E-state index in [0.717, 1.165) is 4.90 Å². The quantitative estimate of drug-likeness (QED) is 0.673. The fourth-order valence-corrected chi connectivity index (χ4v) is 2.14. The highest BCUT2D eigenvalue weighted by molar-refractivity contribution is 6.30. The lowest BCUT2D eigenvalue weighted by molar-refractivity contribution is -0.145. The van der Waals surface area contributed by atoms with Crippen molar-refractivity contribution in [2.75, 3.05) is 13.7 Å². The van der Waals surface area contributed by atoms with Crippen LogP contribution in [0.15, 0.2) is 24.3 Å². The average Bonchev–Trinajstić information content (AvgIpc) is 2.64. The molecule has 1 N–H and O–H groups in total. The van der Waals surface area contributed by atoms with E-state index in [1.807, 2.05) is 0 Å². The van der Waals surface area contributed by atoms with Crippen LogP contribution in [0.4, 0.5) is 4.79 Å². The Labute approximate surface area is 120 Å². The maximum atomic E-state index is 12.4. The molecule has 3 amide bonds. The number of carbonyl (C=O) groups is 3. The van der Waals surface area contributed by atoms with Gasteiger partial charge < -0.3 is 10.1 Å². The van der Waals surface area contributed by atoms with Gasteiger partial charge in [-0.2, -0.15) is 0 Å². The van der Waals surface area contributed by atoms with Crippen molar-refractivity contribution in [2.24, 2.45) is 0 Å². The topological polar surface area (TPSA) is 75.7 Å². The van der Waals surface area contributed by atoms with Gasteiger partial charge in [0.15, 0.2) is 0 Å². The summed E-state index contributed by atoms with van der Waals surface area (Å²) in [6.45, 7) is 1.16. The van der Waals surface area contributed by atoms with E-state index < -0.39 is 30.0 Å². The number of hydrogen-bond donors (Lipinski definition) is 1. The van der Waals surface area contributed by atoms with Crippen molar-refractivity contribution in [3.8, 4) is 0 Å². The molecule has 1 unspecified atom stereocenters. The zero-order chi connectivity index (χ0) is 14.9. The van der Waals surface area contributed by atoms with E-state index in [1.54, 1.807) is 31.2 Å². The molecule has 0 radical (unpaired) electrons. The van der Waals surface area contributed by atoms with Crippen molar-refractivity contribution in [3.63, 3.8) is 0 Å². The van der Waals surface area contributed by atoms with Crippen LogP contribution in [0.3, 0.4) is 0 Å². The van der Waals surface area contributed by atoms with Crippen LogP contribution in [0.25, 0.3) is 0 Å². The van der Waals surface area contributed by atoms with E-state index >= 15 is 0 Å². The Morgan fingerprint density at radius 3 is 2.50 bits per heavy atom. The first-order valence-electron chi connectivity index (χ1n) is 5.85. The number of urea groups is 1. The predicted molar refractivity (Wildman–Crippen MR) is 71.1 cm³/mol. The van der Waals surface area contributed by atoms with E-state index in [2.05, 4.69) is 10.1 Å². The van der Waals surface area contributed by atoms with Crippen molar-refractivity contribution >= 4 is 29.5 Å². The molecule has 1 aliphatic rings. The molecule has 0 aliphatic carbocycles. The third-order valence-corrected chi connectivity index (χ3v) is 3.46. The van der Waals surface area contributed by atoms with Gasteiger partial charge in [0.25, 0.3) is 5.91 Å². The number of esters is 1. The average molecular weight is 297 g/mol. The van der Waals surface area contributed by atoms with Crippen LogP contribution in [-0.2, 0) is 19.9 Å². The second-order valence-electron chi connectivity index (χ2n) is 4.53. The minimum absolute atomic E-state index is 0.412. The van der Waals surface area contributed by atoms with Gasteiger partial charge in [0.1, 0.15) is 12.1 Å². The molecule has 1 aliphatic heterocycles. The summed E-state index contributed by atoms with van der Waals surface area (Å²) in [7, 11) is 1.19. The van der Waals surface area contributed by atoms with Gasteiger partial charge in [0.05, 0.1) is 7.11 Å². The van der Waals surface area contributed by atoms with Crippen LogP contribution in [0.5, 0.6) is 0 Å². The highest BCUT2D eigenvalue weighted by Gasteiger charge is 2.49. The van der Waals surface area contributed by atoms with E-state index in [9.17, 15) is 14.4 Å². The van der Waals surface area contributed by atoms with Crippen LogP contribution in [0.1, 0.15) is 12.5 Å². The highest BCUT2D eigenvalue weighted by Crippen LogP contribution is 2.29. The number of imide groups is 1. The Kier molecular flexibility index (Phi) is 3.67. The number of benzene rings is 1. The SMILES string of the molecule is COC(=O)CN1C(=O)NC(C)(c2ccc(Cl)cc2)C1=O. The summed E-state index contributed by atoms with van der Waals surface area (Å²) in [4.78, 5) is 36.3. The zero-order valence-corrected chi connectivity index (χ0v) is 11.7. The Bertz CT molecular complexity index is 572. The fraction of sp³-hybridized carbons (Fsp3) is 0.308. The van der Waals surface area contributed by atoms with Gasteiger partial charge in [-0.05, 0) is 24.6 Å². The second-order valence-corrected chi connectivity index (χ2v) is 4.97. The first-order chi connectivity index (χ1) is 9.38. The number of ether oxygens (including phenoxy) is 1. The van der Waals surface area contributed by atoms with Crippen LogP contribution in [0.2, 0.25) is 5.02 Å². The van der Waals surface area contributed by atoms with Gasteiger partial charge in [-0.15, -0.1) is 0 Å². The maximum absolute atomic E-state index is 12.4.